The highest BCUT2D eigenvalue weighted by Gasteiger charge is 2.31. The van der Waals surface area contributed by atoms with Gasteiger partial charge in [0.2, 0.25) is 0 Å². The molecular formula is C25H29ClN4O2. The summed E-state index contributed by atoms with van der Waals surface area (Å²) in [5.41, 5.74) is 2.59. The molecule has 3 aromatic rings. The van der Waals surface area contributed by atoms with E-state index in [4.69, 9.17) is 11.6 Å². The molecule has 0 unspecified atom stereocenters. The van der Waals surface area contributed by atoms with E-state index in [1.54, 1.807) is 16.8 Å². The number of pyridine rings is 2. The van der Waals surface area contributed by atoms with Gasteiger partial charge in [0.25, 0.3) is 5.56 Å². The Bertz CT molecular complexity index is 1120. The monoisotopic (exact) mass is 452 g/mol. The van der Waals surface area contributed by atoms with Crippen LogP contribution in [0.15, 0.2) is 59.5 Å². The number of nitrogens with zero attached hydrogens (tertiary/aromatic N) is 4. The van der Waals surface area contributed by atoms with Gasteiger partial charge in [-0.25, -0.2) is 0 Å². The van der Waals surface area contributed by atoms with Crippen molar-refractivity contribution in [3.8, 4) is 5.75 Å². The van der Waals surface area contributed by atoms with Gasteiger partial charge < -0.3 is 14.6 Å². The lowest BCUT2D eigenvalue weighted by atomic mass is 9.96. The third-order valence-electron chi connectivity index (χ3n) is 6.23. The lowest BCUT2D eigenvalue weighted by molar-refractivity contribution is 0.111. The molecule has 0 spiro atoms. The largest absolute Gasteiger partial charge is 0.507 e. The molecule has 1 saturated heterocycles. The van der Waals surface area contributed by atoms with Crippen LogP contribution in [0.2, 0.25) is 5.02 Å². The Morgan fingerprint density at radius 3 is 2.53 bits per heavy atom. The zero-order valence-corrected chi connectivity index (χ0v) is 19.3. The average Bonchev–Trinajstić information content (AvgIpc) is 2.80. The molecule has 0 radical (unpaired) electrons. The molecular weight excluding hydrogens is 424 g/mol. The summed E-state index contributed by atoms with van der Waals surface area (Å²) in [5, 5.41) is 11.6. The van der Waals surface area contributed by atoms with Gasteiger partial charge in [0.1, 0.15) is 5.75 Å². The molecule has 3 heterocycles. The third-order valence-corrected chi connectivity index (χ3v) is 6.46. The van der Waals surface area contributed by atoms with Gasteiger partial charge in [0, 0.05) is 43.1 Å². The van der Waals surface area contributed by atoms with E-state index in [0.717, 1.165) is 44.0 Å². The Kier molecular flexibility index (Phi) is 6.94. The number of piperazine rings is 1. The maximum atomic E-state index is 13.8. The first-order valence-corrected chi connectivity index (χ1v) is 11.4. The molecule has 2 aromatic heterocycles. The number of hydrogen-bond acceptors (Lipinski definition) is 5. The SMILES string of the molecule is CCN1CCN([C@@H](c2cccc(Cl)c2)c2c(O)cc(C)n(Cc3ccccn3)c2=O)CC1. The summed E-state index contributed by atoms with van der Waals surface area (Å²) < 4.78 is 1.69. The second-order valence-electron chi connectivity index (χ2n) is 8.22. The van der Waals surface area contributed by atoms with E-state index in [0.29, 0.717) is 22.8 Å². The summed E-state index contributed by atoms with van der Waals surface area (Å²) in [7, 11) is 0. The maximum Gasteiger partial charge on any atom is 0.260 e. The fourth-order valence-electron chi connectivity index (χ4n) is 4.45. The highest BCUT2D eigenvalue weighted by Crippen LogP contribution is 2.34. The van der Waals surface area contributed by atoms with Crippen LogP contribution in [0, 0.1) is 6.92 Å². The zero-order chi connectivity index (χ0) is 22.7. The first kappa shape index (κ1) is 22.5. The van der Waals surface area contributed by atoms with Crippen molar-refractivity contribution in [2.45, 2.75) is 26.4 Å². The highest BCUT2D eigenvalue weighted by molar-refractivity contribution is 6.30. The Labute approximate surface area is 193 Å². The van der Waals surface area contributed by atoms with E-state index < -0.39 is 0 Å². The summed E-state index contributed by atoms with van der Waals surface area (Å²) in [6, 6.07) is 14.5. The predicted molar refractivity (Wildman–Crippen MR) is 127 cm³/mol. The number of likely N-dealkylation sites (N-methyl/N-ethyl adjacent to an activating group) is 1. The third kappa shape index (κ3) is 4.72. The van der Waals surface area contributed by atoms with Crippen molar-refractivity contribution >= 4 is 11.6 Å². The molecule has 1 aromatic carbocycles. The Morgan fingerprint density at radius 2 is 1.88 bits per heavy atom. The molecule has 32 heavy (non-hydrogen) atoms. The minimum atomic E-state index is -0.379. The molecule has 0 bridgehead atoms. The van der Waals surface area contributed by atoms with E-state index in [-0.39, 0.29) is 17.4 Å². The number of aryl methyl sites for hydroxylation is 1. The van der Waals surface area contributed by atoms with Crippen LogP contribution in [0.25, 0.3) is 0 Å². The molecule has 0 amide bonds. The fraction of sp³-hybridized carbons (Fsp3) is 0.360. The average molecular weight is 453 g/mol. The smallest absolute Gasteiger partial charge is 0.260 e. The van der Waals surface area contributed by atoms with E-state index in [1.165, 1.54) is 0 Å². The van der Waals surface area contributed by atoms with Crippen LogP contribution >= 0.6 is 11.6 Å². The summed E-state index contributed by atoms with van der Waals surface area (Å²) in [6.45, 7) is 8.79. The van der Waals surface area contributed by atoms with E-state index in [1.807, 2.05) is 49.4 Å². The van der Waals surface area contributed by atoms with Crippen LogP contribution < -0.4 is 5.56 Å². The second-order valence-corrected chi connectivity index (χ2v) is 8.66. The van der Waals surface area contributed by atoms with Crippen LogP contribution in [-0.2, 0) is 6.54 Å². The molecule has 0 saturated carbocycles. The molecule has 4 rings (SSSR count). The zero-order valence-electron chi connectivity index (χ0n) is 18.5. The summed E-state index contributed by atoms with van der Waals surface area (Å²) in [6.07, 6.45) is 1.72. The summed E-state index contributed by atoms with van der Waals surface area (Å²) in [4.78, 5) is 22.8. The van der Waals surface area contributed by atoms with Crippen molar-refractivity contribution in [1.82, 2.24) is 19.4 Å². The second kappa shape index (κ2) is 9.86. The van der Waals surface area contributed by atoms with E-state index >= 15 is 0 Å². The first-order valence-electron chi connectivity index (χ1n) is 11.0. The minimum absolute atomic E-state index is 0.0210. The normalized spacial score (nSPS) is 16.2. The van der Waals surface area contributed by atoms with Crippen LogP contribution in [-0.4, -0.2) is 57.2 Å². The van der Waals surface area contributed by atoms with Crippen molar-refractivity contribution in [3.05, 3.63) is 92.6 Å². The molecule has 6 nitrogen and oxygen atoms in total. The van der Waals surface area contributed by atoms with Gasteiger partial charge in [-0.3, -0.25) is 14.7 Å². The molecule has 7 heteroatoms. The Balaban J connectivity index is 1.82. The number of halogens is 1. The van der Waals surface area contributed by atoms with Gasteiger partial charge in [0.05, 0.1) is 23.8 Å². The lowest BCUT2D eigenvalue weighted by Crippen LogP contribution is -2.48. The van der Waals surface area contributed by atoms with Crippen molar-refractivity contribution in [2.75, 3.05) is 32.7 Å². The molecule has 1 N–H and O–H groups in total. The van der Waals surface area contributed by atoms with Gasteiger partial charge in [0.15, 0.2) is 0 Å². The van der Waals surface area contributed by atoms with Crippen LogP contribution in [0.5, 0.6) is 5.75 Å². The topological polar surface area (TPSA) is 61.6 Å². The Hall–Kier alpha value is -2.67. The lowest BCUT2D eigenvalue weighted by Gasteiger charge is -2.39. The first-order chi connectivity index (χ1) is 15.5. The Morgan fingerprint density at radius 1 is 1.09 bits per heavy atom. The van der Waals surface area contributed by atoms with E-state index in [9.17, 15) is 9.90 Å². The van der Waals surface area contributed by atoms with E-state index in [2.05, 4.69) is 21.7 Å². The molecule has 0 aliphatic carbocycles. The minimum Gasteiger partial charge on any atom is -0.507 e. The maximum absolute atomic E-state index is 13.8. The number of hydrogen-bond donors (Lipinski definition) is 1. The number of aromatic nitrogens is 2. The molecule has 168 valence electrons. The van der Waals surface area contributed by atoms with Gasteiger partial charge >= 0.3 is 0 Å². The van der Waals surface area contributed by atoms with Crippen LogP contribution in [0.1, 0.15) is 35.5 Å². The van der Waals surface area contributed by atoms with Crippen LogP contribution in [0.4, 0.5) is 0 Å². The van der Waals surface area contributed by atoms with Crippen molar-refractivity contribution in [1.29, 1.82) is 0 Å². The number of benzene rings is 1. The van der Waals surface area contributed by atoms with Crippen molar-refractivity contribution in [2.24, 2.45) is 0 Å². The molecule has 1 fully saturated rings. The highest BCUT2D eigenvalue weighted by atomic mass is 35.5. The number of aromatic hydroxyl groups is 1. The van der Waals surface area contributed by atoms with Crippen LogP contribution in [0.3, 0.4) is 0 Å². The molecule has 1 aliphatic heterocycles. The van der Waals surface area contributed by atoms with Crippen molar-refractivity contribution in [3.63, 3.8) is 0 Å². The standard InChI is InChI=1S/C25H29ClN4O2/c1-3-28-11-13-29(14-12-28)24(19-7-6-8-20(26)16-19)23-22(31)15-18(2)30(25(23)32)17-21-9-4-5-10-27-21/h4-10,15-16,24,31H,3,11-14,17H2,1-2H3/t24-/m0/s1. The fourth-order valence-corrected chi connectivity index (χ4v) is 4.65. The van der Waals surface area contributed by atoms with Gasteiger partial charge in [-0.15, -0.1) is 0 Å². The van der Waals surface area contributed by atoms with Gasteiger partial charge in [-0.05, 0) is 49.4 Å². The van der Waals surface area contributed by atoms with Gasteiger partial charge in [-0.2, -0.15) is 0 Å². The molecule has 1 atom stereocenters. The predicted octanol–water partition coefficient (Wildman–Crippen LogP) is 3.69. The molecule has 1 aliphatic rings. The summed E-state index contributed by atoms with van der Waals surface area (Å²) >= 11 is 6.32. The van der Waals surface area contributed by atoms with Gasteiger partial charge in [-0.1, -0.05) is 36.7 Å². The number of rotatable bonds is 6. The summed E-state index contributed by atoms with van der Waals surface area (Å²) in [5.74, 6) is 0.0210. The quantitative estimate of drug-likeness (QED) is 0.618. The van der Waals surface area contributed by atoms with Crippen molar-refractivity contribution < 1.29 is 5.11 Å².